The minimum absolute atomic E-state index is 0.145. The molecule has 0 aliphatic carbocycles. The highest BCUT2D eigenvalue weighted by Crippen LogP contribution is 2.39. The minimum Gasteiger partial charge on any atom is -0.502 e. The molecule has 156 valence electrons. The Morgan fingerprint density at radius 2 is 1.77 bits per heavy atom. The lowest BCUT2D eigenvalue weighted by molar-refractivity contribution is -0.127. The molecule has 0 atom stereocenters. The summed E-state index contributed by atoms with van der Waals surface area (Å²) in [4.78, 5) is 38.2. The number of hydrogen-bond acceptors (Lipinski definition) is 7. The van der Waals surface area contributed by atoms with Crippen LogP contribution in [0.5, 0.6) is 17.2 Å². The number of carbonyl (C=O) groups excluding carboxylic acids is 3. The van der Waals surface area contributed by atoms with Crippen molar-refractivity contribution in [3.8, 4) is 17.2 Å². The summed E-state index contributed by atoms with van der Waals surface area (Å²) >= 11 is 4.03. The van der Waals surface area contributed by atoms with Crippen LogP contribution in [-0.4, -0.2) is 47.8 Å². The number of carbonyl (C=O) groups is 3. The van der Waals surface area contributed by atoms with Gasteiger partial charge in [-0.25, -0.2) is 0 Å². The van der Waals surface area contributed by atoms with Gasteiger partial charge in [0.2, 0.25) is 11.7 Å². The second-order valence-electron chi connectivity index (χ2n) is 6.10. The third kappa shape index (κ3) is 4.77. The molecule has 0 bridgehead atoms. The lowest BCUT2D eigenvalue weighted by atomic mass is 10.1. The maximum Gasteiger partial charge on any atom is 0.294 e. The number of anilines is 1. The molecule has 1 aliphatic rings. The van der Waals surface area contributed by atoms with Gasteiger partial charge in [0.25, 0.3) is 11.1 Å². The molecule has 3 rings (SSSR count). The highest BCUT2D eigenvalue weighted by atomic mass is 79.9. The van der Waals surface area contributed by atoms with Crippen LogP contribution in [0.3, 0.4) is 0 Å². The van der Waals surface area contributed by atoms with Crippen LogP contribution in [-0.2, 0) is 9.59 Å². The summed E-state index contributed by atoms with van der Waals surface area (Å²) in [6.45, 7) is -0.402. The van der Waals surface area contributed by atoms with E-state index in [0.717, 1.165) is 21.1 Å². The van der Waals surface area contributed by atoms with E-state index in [0.29, 0.717) is 11.3 Å². The molecule has 1 saturated heterocycles. The van der Waals surface area contributed by atoms with Crippen molar-refractivity contribution in [2.24, 2.45) is 0 Å². The summed E-state index contributed by atoms with van der Waals surface area (Å²) in [6.07, 6.45) is 1.47. The Kier molecular flexibility index (Phi) is 6.68. The number of hydrogen-bond donors (Lipinski definition) is 2. The zero-order valence-corrected chi connectivity index (χ0v) is 18.4. The first-order chi connectivity index (χ1) is 14.3. The predicted octanol–water partition coefficient (Wildman–Crippen LogP) is 3.85. The van der Waals surface area contributed by atoms with E-state index in [-0.39, 0.29) is 22.2 Å². The van der Waals surface area contributed by atoms with Crippen LogP contribution in [0.4, 0.5) is 10.5 Å². The number of nitrogens with one attached hydrogen (secondary N) is 1. The second kappa shape index (κ2) is 9.23. The number of aromatic hydroxyl groups is 1. The first-order valence-electron chi connectivity index (χ1n) is 8.58. The van der Waals surface area contributed by atoms with Gasteiger partial charge in [0, 0.05) is 10.2 Å². The maximum absolute atomic E-state index is 12.6. The van der Waals surface area contributed by atoms with Crippen molar-refractivity contribution in [3.05, 3.63) is 51.3 Å². The number of halogens is 1. The average molecular weight is 493 g/mol. The number of phenols is 1. The molecule has 0 unspecified atom stereocenters. The summed E-state index contributed by atoms with van der Waals surface area (Å²) in [5.41, 5.74) is 1.04. The van der Waals surface area contributed by atoms with Gasteiger partial charge in [-0.05, 0) is 59.8 Å². The molecule has 1 fully saturated rings. The van der Waals surface area contributed by atoms with Crippen molar-refractivity contribution in [1.29, 1.82) is 0 Å². The third-order valence-corrected chi connectivity index (χ3v) is 5.54. The van der Waals surface area contributed by atoms with E-state index in [9.17, 15) is 19.5 Å². The topological polar surface area (TPSA) is 105 Å². The molecule has 0 saturated carbocycles. The summed E-state index contributed by atoms with van der Waals surface area (Å²) in [5.74, 6) is -0.923. The highest BCUT2D eigenvalue weighted by Gasteiger charge is 2.36. The van der Waals surface area contributed by atoms with Crippen LogP contribution in [0.1, 0.15) is 5.56 Å². The lowest BCUT2D eigenvalue weighted by Gasteiger charge is -2.12. The lowest BCUT2D eigenvalue weighted by Crippen LogP contribution is -2.36. The van der Waals surface area contributed by atoms with Crippen LogP contribution < -0.4 is 14.8 Å². The van der Waals surface area contributed by atoms with Crippen molar-refractivity contribution in [3.63, 3.8) is 0 Å². The number of imide groups is 1. The first kappa shape index (κ1) is 21.7. The number of benzene rings is 2. The monoisotopic (exact) mass is 492 g/mol. The van der Waals surface area contributed by atoms with E-state index in [1.54, 1.807) is 24.3 Å². The molecule has 0 aromatic heterocycles. The highest BCUT2D eigenvalue weighted by molar-refractivity contribution is 9.10. The van der Waals surface area contributed by atoms with Crippen LogP contribution in [0.15, 0.2) is 45.8 Å². The van der Waals surface area contributed by atoms with Crippen LogP contribution in [0.25, 0.3) is 6.08 Å². The van der Waals surface area contributed by atoms with Gasteiger partial charge in [0.15, 0.2) is 11.5 Å². The van der Waals surface area contributed by atoms with E-state index >= 15 is 0 Å². The van der Waals surface area contributed by atoms with Gasteiger partial charge in [-0.1, -0.05) is 15.9 Å². The van der Waals surface area contributed by atoms with Gasteiger partial charge >= 0.3 is 0 Å². The standard InChI is InChI=1S/C20H17BrN2O6S/c1-28-14-7-11(8-15(29-2)18(14)25)9-16-19(26)23(20(27)30-16)10-17(24)22-13-5-3-12(21)4-6-13/h3-9,25H,10H2,1-2H3,(H,22,24)/b16-9+. The van der Waals surface area contributed by atoms with Gasteiger partial charge in [0.1, 0.15) is 6.54 Å². The Morgan fingerprint density at radius 3 is 2.33 bits per heavy atom. The molecule has 0 spiro atoms. The smallest absolute Gasteiger partial charge is 0.294 e. The van der Waals surface area contributed by atoms with Gasteiger partial charge in [-0.2, -0.15) is 0 Å². The molecule has 30 heavy (non-hydrogen) atoms. The molecule has 1 heterocycles. The van der Waals surface area contributed by atoms with E-state index in [4.69, 9.17) is 9.47 Å². The van der Waals surface area contributed by atoms with Crippen LogP contribution >= 0.6 is 27.7 Å². The Bertz CT molecular complexity index is 1010. The number of amides is 3. The summed E-state index contributed by atoms with van der Waals surface area (Å²) < 4.78 is 11.0. The zero-order chi connectivity index (χ0) is 21.8. The van der Waals surface area contributed by atoms with Crippen molar-refractivity contribution in [1.82, 2.24) is 4.90 Å². The molecular weight excluding hydrogens is 476 g/mol. The number of rotatable bonds is 6. The van der Waals surface area contributed by atoms with Gasteiger partial charge in [0.05, 0.1) is 19.1 Å². The van der Waals surface area contributed by atoms with E-state index in [2.05, 4.69) is 21.2 Å². The SMILES string of the molecule is COc1cc(/C=C2/SC(=O)N(CC(=O)Nc3ccc(Br)cc3)C2=O)cc(OC)c1O. The Hall–Kier alpha value is -2.98. The Labute approximate surface area is 185 Å². The number of thioether (sulfide) groups is 1. The minimum atomic E-state index is -0.582. The van der Waals surface area contributed by atoms with Crippen molar-refractivity contribution in [2.75, 3.05) is 26.1 Å². The summed E-state index contributed by atoms with van der Waals surface area (Å²) in [6, 6.07) is 9.93. The molecule has 2 aromatic carbocycles. The van der Waals surface area contributed by atoms with Crippen molar-refractivity contribution >= 4 is 56.5 Å². The van der Waals surface area contributed by atoms with Crippen LogP contribution in [0, 0.1) is 0 Å². The molecule has 3 amide bonds. The van der Waals surface area contributed by atoms with Crippen molar-refractivity contribution in [2.45, 2.75) is 0 Å². The maximum atomic E-state index is 12.6. The molecule has 1 aliphatic heterocycles. The zero-order valence-electron chi connectivity index (χ0n) is 16.0. The van der Waals surface area contributed by atoms with Gasteiger partial charge in [-0.3, -0.25) is 19.3 Å². The molecule has 10 heteroatoms. The fourth-order valence-corrected chi connectivity index (χ4v) is 3.76. The molecule has 2 aromatic rings. The number of methoxy groups -OCH3 is 2. The number of phenolic OH excluding ortho intramolecular Hbond substituents is 1. The van der Waals surface area contributed by atoms with Crippen molar-refractivity contribution < 1.29 is 29.0 Å². The summed E-state index contributed by atoms with van der Waals surface area (Å²) in [5, 5.41) is 12.1. The van der Waals surface area contributed by atoms with E-state index in [1.165, 1.54) is 32.4 Å². The normalized spacial score (nSPS) is 14.9. The van der Waals surface area contributed by atoms with Gasteiger partial charge in [-0.15, -0.1) is 0 Å². The second-order valence-corrected chi connectivity index (χ2v) is 8.01. The fraction of sp³-hybridized carbons (Fsp3) is 0.150. The van der Waals surface area contributed by atoms with Crippen LogP contribution in [0.2, 0.25) is 0 Å². The van der Waals surface area contributed by atoms with Gasteiger partial charge < -0.3 is 19.9 Å². The number of ether oxygens (including phenoxy) is 2. The fourth-order valence-electron chi connectivity index (χ4n) is 2.66. The predicted molar refractivity (Wildman–Crippen MR) is 117 cm³/mol. The first-order valence-corrected chi connectivity index (χ1v) is 10.2. The Morgan fingerprint density at radius 1 is 1.17 bits per heavy atom. The molecule has 2 N–H and O–H groups in total. The quantitative estimate of drug-likeness (QED) is 0.589. The molecule has 0 radical (unpaired) electrons. The van der Waals surface area contributed by atoms with E-state index in [1.807, 2.05) is 0 Å². The number of nitrogens with zero attached hydrogens (tertiary/aromatic N) is 1. The third-order valence-electron chi connectivity index (χ3n) is 4.10. The average Bonchev–Trinajstić information content (AvgIpc) is 2.98. The Balaban J connectivity index is 1.75. The summed E-state index contributed by atoms with van der Waals surface area (Å²) in [7, 11) is 2.77. The molecular formula is C20H17BrN2O6S. The largest absolute Gasteiger partial charge is 0.502 e. The van der Waals surface area contributed by atoms with E-state index < -0.39 is 23.6 Å². The molecule has 8 nitrogen and oxygen atoms in total.